The molecule has 3 rings (SSSR count). The molecule has 0 unspecified atom stereocenters. The quantitative estimate of drug-likeness (QED) is 0.286. The third-order valence-electron chi connectivity index (χ3n) is 5.80. The molecule has 7 nitrogen and oxygen atoms in total. The fourth-order valence-corrected chi connectivity index (χ4v) is 3.67. The molecule has 0 aromatic heterocycles. The van der Waals surface area contributed by atoms with Gasteiger partial charge in [-0.3, -0.25) is 0 Å². The molecule has 0 radical (unpaired) electrons. The summed E-state index contributed by atoms with van der Waals surface area (Å²) in [5, 5.41) is 32.1. The number of aromatic carboxylic acids is 1. The number of hydrogen-bond acceptors (Lipinski definition) is 6. The van der Waals surface area contributed by atoms with Crippen molar-refractivity contribution >= 4 is 5.97 Å². The van der Waals surface area contributed by atoms with Gasteiger partial charge in [-0.15, -0.1) is 0 Å². The molecule has 3 aromatic carbocycles. The Bertz CT molecular complexity index is 1320. The Balaban J connectivity index is 1.51. The Morgan fingerprint density at radius 3 is 2.38 bits per heavy atom. The van der Waals surface area contributed by atoms with Gasteiger partial charge in [0.25, 0.3) is 0 Å². The summed E-state index contributed by atoms with van der Waals surface area (Å²) in [5.41, 5.74) is 0.972. The maximum absolute atomic E-state index is 12.9. The standard InChI is InChI=1S/C29H29F3N2O5/c1-28(2,18-38-16-19-4-3-5-24(12-19)29(30,31)32)34-15-25(35)17-39-26-13-22(10-11-23(26)14-33)20-6-8-21(9-7-20)27(36)37/h3-13,25,34-35H,15-18H2,1-2H3,(H,36,37)/t25-/m1/s1. The molecule has 0 aliphatic rings. The van der Waals surface area contributed by atoms with Crippen molar-refractivity contribution in [3.63, 3.8) is 0 Å². The SMILES string of the molecule is CC(C)(COCc1cccc(C(F)(F)F)c1)NC[C@@H](O)COc1cc(-c2ccc(C(=O)O)cc2)ccc1C#N. The van der Waals surface area contributed by atoms with E-state index in [4.69, 9.17) is 14.6 Å². The van der Waals surface area contributed by atoms with Gasteiger partial charge in [0.1, 0.15) is 24.5 Å². The van der Waals surface area contributed by atoms with Crippen LogP contribution in [0.2, 0.25) is 0 Å². The molecule has 3 aromatic rings. The number of nitrogens with one attached hydrogen (secondary N) is 1. The zero-order valence-corrected chi connectivity index (χ0v) is 21.5. The Kier molecular flexibility index (Phi) is 9.70. The van der Waals surface area contributed by atoms with E-state index in [1.807, 2.05) is 19.9 Å². The molecular weight excluding hydrogens is 513 g/mol. The topological polar surface area (TPSA) is 112 Å². The van der Waals surface area contributed by atoms with Crippen LogP contribution < -0.4 is 10.1 Å². The van der Waals surface area contributed by atoms with Crippen molar-refractivity contribution in [2.24, 2.45) is 0 Å². The molecule has 0 saturated heterocycles. The lowest BCUT2D eigenvalue weighted by molar-refractivity contribution is -0.137. The minimum Gasteiger partial charge on any atom is -0.489 e. The van der Waals surface area contributed by atoms with Crippen LogP contribution in [-0.4, -0.2) is 47.6 Å². The number of carboxylic acids is 1. The lowest BCUT2D eigenvalue weighted by Crippen LogP contribution is -2.47. The Morgan fingerprint density at radius 1 is 1.05 bits per heavy atom. The number of ether oxygens (including phenoxy) is 2. The number of benzene rings is 3. The summed E-state index contributed by atoms with van der Waals surface area (Å²) in [6.45, 7) is 3.88. The highest BCUT2D eigenvalue weighted by atomic mass is 19.4. The minimum atomic E-state index is -4.42. The summed E-state index contributed by atoms with van der Waals surface area (Å²) in [4.78, 5) is 11.1. The van der Waals surface area contributed by atoms with Gasteiger partial charge in [0.15, 0.2) is 0 Å². The van der Waals surface area contributed by atoms with E-state index in [0.29, 0.717) is 11.1 Å². The van der Waals surface area contributed by atoms with Crippen LogP contribution in [0.4, 0.5) is 13.2 Å². The van der Waals surface area contributed by atoms with E-state index in [2.05, 4.69) is 5.32 Å². The number of nitriles is 1. The first kappa shape index (κ1) is 29.6. The van der Waals surface area contributed by atoms with E-state index in [0.717, 1.165) is 17.7 Å². The first-order valence-electron chi connectivity index (χ1n) is 12.1. The average Bonchev–Trinajstić information content (AvgIpc) is 2.90. The molecule has 0 aliphatic carbocycles. The van der Waals surface area contributed by atoms with Crippen molar-refractivity contribution < 1.29 is 37.7 Å². The summed E-state index contributed by atoms with van der Waals surface area (Å²) in [5.74, 6) is -0.751. The Labute approximate surface area is 224 Å². The van der Waals surface area contributed by atoms with Crippen molar-refractivity contribution in [2.45, 2.75) is 38.3 Å². The summed E-state index contributed by atoms with van der Waals surface area (Å²) in [6, 6.07) is 18.3. The number of carboxylic acid groups (broad SMARTS) is 1. The molecule has 39 heavy (non-hydrogen) atoms. The van der Waals surface area contributed by atoms with Gasteiger partial charge in [-0.1, -0.05) is 30.3 Å². The number of rotatable bonds is 12. The molecule has 0 saturated carbocycles. The van der Waals surface area contributed by atoms with E-state index in [-0.39, 0.29) is 43.2 Å². The Hall–Kier alpha value is -3.91. The van der Waals surface area contributed by atoms with Crippen LogP contribution >= 0.6 is 0 Å². The third-order valence-corrected chi connectivity index (χ3v) is 5.80. The van der Waals surface area contributed by atoms with Crippen molar-refractivity contribution in [1.29, 1.82) is 5.26 Å². The lowest BCUT2D eigenvalue weighted by atomic mass is 10.0. The normalized spacial score (nSPS) is 12.5. The zero-order valence-electron chi connectivity index (χ0n) is 21.5. The number of aliphatic hydroxyl groups excluding tert-OH is 1. The maximum atomic E-state index is 12.9. The zero-order chi connectivity index (χ0) is 28.6. The van der Waals surface area contributed by atoms with E-state index >= 15 is 0 Å². The number of carbonyl (C=O) groups is 1. The van der Waals surface area contributed by atoms with Crippen LogP contribution in [0.1, 0.15) is 40.9 Å². The Morgan fingerprint density at radius 2 is 1.74 bits per heavy atom. The molecule has 0 fully saturated rings. The predicted octanol–water partition coefficient (Wildman–Crippen LogP) is 5.27. The van der Waals surface area contributed by atoms with E-state index in [1.54, 1.807) is 36.4 Å². The van der Waals surface area contributed by atoms with Crippen LogP contribution in [0.3, 0.4) is 0 Å². The second-order valence-electron chi connectivity index (χ2n) is 9.63. The fourth-order valence-electron chi connectivity index (χ4n) is 3.67. The molecular formula is C29H29F3N2O5. The number of alkyl halides is 3. The van der Waals surface area contributed by atoms with Crippen LogP contribution in [0.5, 0.6) is 5.75 Å². The van der Waals surface area contributed by atoms with Gasteiger partial charge >= 0.3 is 12.1 Å². The van der Waals surface area contributed by atoms with Gasteiger partial charge in [0, 0.05) is 12.1 Å². The molecule has 0 spiro atoms. The summed E-state index contributed by atoms with van der Waals surface area (Å²) >= 11 is 0. The van der Waals surface area contributed by atoms with E-state index < -0.39 is 29.4 Å². The number of nitrogens with zero attached hydrogens (tertiary/aromatic N) is 1. The van der Waals surface area contributed by atoms with Crippen molar-refractivity contribution in [2.75, 3.05) is 19.8 Å². The van der Waals surface area contributed by atoms with Gasteiger partial charge in [-0.2, -0.15) is 18.4 Å². The number of halogens is 3. The van der Waals surface area contributed by atoms with Gasteiger partial charge in [-0.25, -0.2) is 4.79 Å². The largest absolute Gasteiger partial charge is 0.489 e. The van der Waals surface area contributed by atoms with Crippen molar-refractivity contribution in [3.8, 4) is 22.9 Å². The number of β-amino-alcohol motifs (C(OH)–C–C–N with tert-alkyl or cyclic N) is 1. The van der Waals surface area contributed by atoms with Crippen LogP contribution in [0, 0.1) is 11.3 Å². The van der Waals surface area contributed by atoms with Gasteiger partial charge in [0.2, 0.25) is 0 Å². The molecule has 206 valence electrons. The average molecular weight is 543 g/mol. The fraction of sp³-hybridized carbons (Fsp3) is 0.310. The molecule has 1 atom stereocenters. The summed E-state index contributed by atoms with van der Waals surface area (Å²) in [7, 11) is 0. The highest BCUT2D eigenvalue weighted by molar-refractivity contribution is 5.88. The molecule has 0 heterocycles. The first-order chi connectivity index (χ1) is 18.4. The molecule has 0 aliphatic heterocycles. The highest BCUT2D eigenvalue weighted by Gasteiger charge is 2.30. The van der Waals surface area contributed by atoms with Gasteiger partial charge < -0.3 is 25.0 Å². The smallest absolute Gasteiger partial charge is 0.416 e. The monoisotopic (exact) mass is 542 g/mol. The van der Waals surface area contributed by atoms with E-state index in [9.17, 15) is 28.3 Å². The number of aliphatic hydroxyl groups is 1. The molecule has 3 N–H and O–H groups in total. The van der Waals surface area contributed by atoms with Crippen LogP contribution in [0.15, 0.2) is 66.7 Å². The van der Waals surface area contributed by atoms with Crippen LogP contribution in [0.25, 0.3) is 11.1 Å². The minimum absolute atomic E-state index is 0.00695. The molecule has 0 bridgehead atoms. The predicted molar refractivity (Wildman–Crippen MR) is 138 cm³/mol. The second-order valence-corrected chi connectivity index (χ2v) is 9.63. The lowest BCUT2D eigenvalue weighted by Gasteiger charge is -2.27. The number of hydrogen-bond donors (Lipinski definition) is 3. The third kappa shape index (κ3) is 8.82. The summed E-state index contributed by atoms with van der Waals surface area (Å²) in [6.07, 6.45) is -5.35. The van der Waals surface area contributed by atoms with Crippen LogP contribution in [-0.2, 0) is 17.5 Å². The van der Waals surface area contributed by atoms with Gasteiger partial charge in [0.05, 0.1) is 29.9 Å². The highest BCUT2D eigenvalue weighted by Crippen LogP contribution is 2.30. The second kappa shape index (κ2) is 12.8. The van der Waals surface area contributed by atoms with Crippen molar-refractivity contribution in [1.82, 2.24) is 5.32 Å². The first-order valence-corrected chi connectivity index (χ1v) is 12.1. The summed E-state index contributed by atoms with van der Waals surface area (Å²) < 4.78 is 50.0. The maximum Gasteiger partial charge on any atom is 0.416 e. The van der Waals surface area contributed by atoms with Gasteiger partial charge in [-0.05, 0) is 66.9 Å². The van der Waals surface area contributed by atoms with Crippen molar-refractivity contribution in [3.05, 3.63) is 89.0 Å². The molecule has 10 heteroatoms. The van der Waals surface area contributed by atoms with E-state index in [1.165, 1.54) is 18.2 Å². The molecule has 0 amide bonds.